The molecule has 1 saturated heterocycles. The molecular formula is C13H18N2O2. The van der Waals surface area contributed by atoms with Crippen molar-refractivity contribution in [3.8, 4) is 0 Å². The third-order valence-electron chi connectivity index (χ3n) is 2.99. The summed E-state index contributed by atoms with van der Waals surface area (Å²) in [7, 11) is 0. The molecule has 2 N–H and O–H groups in total. The molecule has 17 heavy (non-hydrogen) atoms. The Balaban J connectivity index is 1.74. The molecule has 1 aliphatic rings. The monoisotopic (exact) mass is 234 g/mol. The summed E-state index contributed by atoms with van der Waals surface area (Å²) in [6.07, 6.45) is 0.998. The summed E-state index contributed by atoms with van der Waals surface area (Å²) in [4.78, 5) is 11.6. The Morgan fingerprint density at radius 2 is 2.18 bits per heavy atom. The van der Waals surface area contributed by atoms with Gasteiger partial charge in [0.15, 0.2) is 0 Å². The van der Waals surface area contributed by atoms with Crippen molar-refractivity contribution < 1.29 is 9.53 Å². The SMILES string of the molecule is CC1OCCC1NC(=O)NCc1ccccc1. The molecule has 2 rings (SSSR count). The lowest BCUT2D eigenvalue weighted by atomic mass is 10.2. The fourth-order valence-corrected chi connectivity index (χ4v) is 1.92. The van der Waals surface area contributed by atoms with Crippen LogP contribution in [0.4, 0.5) is 4.79 Å². The van der Waals surface area contributed by atoms with E-state index in [9.17, 15) is 4.79 Å². The van der Waals surface area contributed by atoms with E-state index in [2.05, 4.69) is 10.6 Å². The summed E-state index contributed by atoms with van der Waals surface area (Å²) in [5, 5.41) is 5.76. The Labute approximate surface area is 101 Å². The maximum atomic E-state index is 11.6. The van der Waals surface area contributed by atoms with E-state index >= 15 is 0 Å². The third-order valence-corrected chi connectivity index (χ3v) is 2.99. The van der Waals surface area contributed by atoms with Gasteiger partial charge in [-0.1, -0.05) is 30.3 Å². The number of urea groups is 1. The zero-order valence-electron chi connectivity index (χ0n) is 9.98. The molecule has 0 saturated carbocycles. The van der Waals surface area contributed by atoms with E-state index in [0.717, 1.165) is 18.6 Å². The molecule has 1 fully saturated rings. The molecule has 2 amide bonds. The predicted molar refractivity (Wildman–Crippen MR) is 65.6 cm³/mol. The van der Waals surface area contributed by atoms with Crippen LogP contribution in [0.3, 0.4) is 0 Å². The van der Waals surface area contributed by atoms with Gasteiger partial charge < -0.3 is 15.4 Å². The molecule has 1 aliphatic heterocycles. The quantitative estimate of drug-likeness (QED) is 0.835. The third kappa shape index (κ3) is 3.46. The van der Waals surface area contributed by atoms with Crippen molar-refractivity contribution in [1.29, 1.82) is 0 Å². The Bertz CT molecular complexity index is 367. The summed E-state index contributed by atoms with van der Waals surface area (Å²) in [5.74, 6) is 0. The molecule has 4 heteroatoms. The van der Waals surface area contributed by atoms with Crippen LogP contribution in [0.5, 0.6) is 0 Å². The van der Waals surface area contributed by atoms with Crippen molar-refractivity contribution in [3.05, 3.63) is 35.9 Å². The summed E-state index contributed by atoms with van der Waals surface area (Å²) in [6.45, 7) is 3.26. The van der Waals surface area contributed by atoms with Gasteiger partial charge in [0.2, 0.25) is 0 Å². The fourth-order valence-electron chi connectivity index (χ4n) is 1.92. The van der Waals surface area contributed by atoms with Crippen molar-refractivity contribution in [2.24, 2.45) is 0 Å². The second-order valence-corrected chi connectivity index (χ2v) is 4.28. The number of hydrogen-bond acceptors (Lipinski definition) is 2. The van der Waals surface area contributed by atoms with Crippen LogP contribution in [0.2, 0.25) is 0 Å². The van der Waals surface area contributed by atoms with Crippen LogP contribution in [0.15, 0.2) is 30.3 Å². The largest absolute Gasteiger partial charge is 0.376 e. The molecule has 0 spiro atoms. The number of nitrogens with one attached hydrogen (secondary N) is 2. The van der Waals surface area contributed by atoms with E-state index < -0.39 is 0 Å². The Kier molecular flexibility index (Phi) is 3.98. The van der Waals surface area contributed by atoms with Crippen LogP contribution >= 0.6 is 0 Å². The first kappa shape index (κ1) is 11.9. The predicted octanol–water partition coefficient (Wildman–Crippen LogP) is 1.66. The van der Waals surface area contributed by atoms with E-state index in [4.69, 9.17) is 4.74 Å². The Hall–Kier alpha value is -1.55. The second kappa shape index (κ2) is 5.68. The van der Waals surface area contributed by atoms with Crippen molar-refractivity contribution in [3.63, 3.8) is 0 Å². The van der Waals surface area contributed by atoms with Crippen LogP contribution < -0.4 is 10.6 Å². The van der Waals surface area contributed by atoms with Crippen LogP contribution in [-0.2, 0) is 11.3 Å². The highest BCUT2D eigenvalue weighted by atomic mass is 16.5. The smallest absolute Gasteiger partial charge is 0.315 e. The van der Waals surface area contributed by atoms with E-state index in [1.165, 1.54) is 0 Å². The summed E-state index contributed by atoms with van der Waals surface area (Å²) >= 11 is 0. The van der Waals surface area contributed by atoms with Crippen molar-refractivity contribution in [2.75, 3.05) is 6.61 Å². The van der Waals surface area contributed by atoms with E-state index in [0.29, 0.717) is 6.54 Å². The number of rotatable bonds is 3. The Morgan fingerprint density at radius 3 is 2.82 bits per heavy atom. The molecule has 0 aliphatic carbocycles. The first-order valence-corrected chi connectivity index (χ1v) is 5.95. The highest BCUT2D eigenvalue weighted by Gasteiger charge is 2.25. The average molecular weight is 234 g/mol. The van der Waals surface area contributed by atoms with Gasteiger partial charge >= 0.3 is 6.03 Å². The molecule has 92 valence electrons. The van der Waals surface area contributed by atoms with E-state index in [1.54, 1.807) is 0 Å². The summed E-state index contributed by atoms with van der Waals surface area (Å²) in [6, 6.07) is 9.86. The zero-order valence-corrected chi connectivity index (χ0v) is 9.98. The lowest BCUT2D eigenvalue weighted by Crippen LogP contribution is -2.44. The minimum atomic E-state index is -0.129. The highest BCUT2D eigenvalue weighted by molar-refractivity contribution is 5.74. The average Bonchev–Trinajstić information content (AvgIpc) is 2.74. The van der Waals surface area contributed by atoms with Crippen molar-refractivity contribution in [1.82, 2.24) is 10.6 Å². The minimum absolute atomic E-state index is 0.109. The fraction of sp³-hybridized carbons (Fsp3) is 0.462. The second-order valence-electron chi connectivity index (χ2n) is 4.28. The van der Waals surface area contributed by atoms with Crippen LogP contribution in [0.25, 0.3) is 0 Å². The first-order valence-electron chi connectivity index (χ1n) is 5.95. The standard InChI is InChI=1S/C13H18N2O2/c1-10-12(7-8-17-10)15-13(16)14-9-11-5-3-2-4-6-11/h2-6,10,12H,7-9H2,1H3,(H2,14,15,16). The van der Waals surface area contributed by atoms with Gasteiger partial charge in [-0.3, -0.25) is 0 Å². The van der Waals surface area contributed by atoms with Crippen molar-refractivity contribution in [2.45, 2.75) is 32.0 Å². The Morgan fingerprint density at radius 1 is 1.41 bits per heavy atom. The topological polar surface area (TPSA) is 50.4 Å². The van der Waals surface area contributed by atoms with Gasteiger partial charge in [0.25, 0.3) is 0 Å². The van der Waals surface area contributed by atoms with Gasteiger partial charge in [0.1, 0.15) is 0 Å². The van der Waals surface area contributed by atoms with E-state index in [1.807, 2.05) is 37.3 Å². The number of hydrogen-bond donors (Lipinski definition) is 2. The molecule has 1 heterocycles. The molecular weight excluding hydrogens is 216 g/mol. The molecule has 4 nitrogen and oxygen atoms in total. The molecule has 0 radical (unpaired) electrons. The van der Waals surface area contributed by atoms with Gasteiger partial charge in [0, 0.05) is 13.2 Å². The molecule has 2 unspecified atom stereocenters. The number of benzene rings is 1. The number of carbonyl (C=O) groups is 1. The van der Waals surface area contributed by atoms with Crippen LogP contribution in [-0.4, -0.2) is 24.8 Å². The molecule has 0 bridgehead atoms. The van der Waals surface area contributed by atoms with Gasteiger partial charge in [0.05, 0.1) is 12.1 Å². The van der Waals surface area contributed by atoms with Crippen molar-refractivity contribution >= 4 is 6.03 Å². The number of carbonyl (C=O) groups excluding carboxylic acids is 1. The summed E-state index contributed by atoms with van der Waals surface area (Å²) < 4.78 is 5.39. The lowest BCUT2D eigenvalue weighted by Gasteiger charge is -2.16. The first-order chi connectivity index (χ1) is 8.25. The van der Waals surface area contributed by atoms with Crippen LogP contribution in [0.1, 0.15) is 18.9 Å². The number of ether oxygens (including phenoxy) is 1. The zero-order chi connectivity index (χ0) is 12.1. The number of amides is 2. The van der Waals surface area contributed by atoms with Crippen LogP contribution in [0, 0.1) is 0 Å². The van der Waals surface area contributed by atoms with Gasteiger partial charge in [-0.05, 0) is 18.9 Å². The summed E-state index contributed by atoms with van der Waals surface area (Å²) in [5.41, 5.74) is 1.10. The normalized spacial score (nSPS) is 23.4. The maximum absolute atomic E-state index is 11.6. The highest BCUT2D eigenvalue weighted by Crippen LogP contribution is 2.12. The van der Waals surface area contributed by atoms with E-state index in [-0.39, 0.29) is 18.2 Å². The van der Waals surface area contributed by atoms with Gasteiger partial charge in [-0.2, -0.15) is 0 Å². The molecule has 2 atom stereocenters. The maximum Gasteiger partial charge on any atom is 0.315 e. The molecule has 0 aromatic heterocycles. The molecule has 1 aromatic rings. The molecule has 1 aromatic carbocycles. The van der Waals surface area contributed by atoms with Gasteiger partial charge in [-0.25, -0.2) is 4.79 Å². The van der Waals surface area contributed by atoms with Gasteiger partial charge in [-0.15, -0.1) is 0 Å². The minimum Gasteiger partial charge on any atom is -0.376 e. The lowest BCUT2D eigenvalue weighted by molar-refractivity contribution is 0.114.